The molecule has 0 fully saturated rings. The summed E-state index contributed by atoms with van der Waals surface area (Å²) in [7, 11) is 3.05. The first-order valence-electron chi connectivity index (χ1n) is 9.90. The summed E-state index contributed by atoms with van der Waals surface area (Å²) in [5.41, 5.74) is 1.47. The Balaban J connectivity index is 1.83. The van der Waals surface area contributed by atoms with Crippen molar-refractivity contribution in [1.29, 1.82) is 0 Å². The summed E-state index contributed by atoms with van der Waals surface area (Å²) in [4.78, 5) is 24.7. The van der Waals surface area contributed by atoms with E-state index in [0.717, 1.165) is 5.56 Å². The van der Waals surface area contributed by atoms with Crippen LogP contribution in [0.1, 0.15) is 42.6 Å². The third-order valence-electron chi connectivity index (χ3n) is 4.54. The second-order valence-corrected chi connectivity index (χ2v) is 7.10. The van der Waals surface area contributed by atoms with Crippen LogP contribution in [0.15, 0.2) is 42.5 Å². The standard InChI is InChI=1S/C23H30N2O5/c1-15(2)20-8-6-7-9-21(20)30-16(3)22(26)24-10-11-25-23(27)17-12-18(28-4)14-19(13-17)29-5/h6-9,12-16H,10-11H2,1-5H3,(H,24,26)(H,25,27). The molecule has 0 radical (unpaired) electrons. The van der Waals surface area contributed by atoms with Crippen LogP contribution in [0.25, 0.3) is 0 Å². The van der Waals surface area contributed by atoms with Crippen molar-refractivity contribution in [3.63, 3.8) is 0 Å². The lowest BCUT2D eigenvalue weighted by molar-refractivity contribution is -0.127. The van der Waals surface area contributed by atoms with Gasteiger partial charge in [0, 0.05) is 24.7 Å². The molecule has 2 aromatic rings. The lowest BCUT2D eigenvalue weighted by Crippen LogP contribution is -2.40. The number of benzene rings is 2. The maximum absolute atomic E-state index is 12.3. The van der Waals surface area contributed by atoms with Crippen LogP contribution >= 0.6 is 0 Å². The van der Waals surface area contributed by atoms with Crippen molar-refractivity contribution in [3.05, 3.63) is 53.6 Å². The van der Waals surface area contributed by atoms with Gasteiger partial charge in [-0.05, 0) is 36.6 Å². The van der Waals surface area contributed by atoms with Gasteiger partial charge in [-0.3, -0.25) is 9.59 Å². The Morgan fingerprint density at radius 3 is 2.10 bits per heavy atom. The second-order valence-electron chi connectivity index (χ2n) is 7.10. The second kappa shape index (κ2) is 11.1. The predicted molar refractivity (Wildman–Crippen MR) is 116 cm³/mol. The zero-order chi connectivity index (χ0) is 22.1. The van der Waals surface area contributed by atoms with E-state index in [1.165, 1.54) is 14.2 Å². The molecule has 7 nitrogen and oxygen atoms in total. The highest BCUT2D eigenvalue weighted by Crippen LogP contribution is 2.26. The van der Waals surface area contributed by atoms with Gasteiger partial charge >= 0.3 is 0 Å². The Morgan fingerprint density at radius 1 is 0.900 bits per heavy atom. The van der Waals surface area contributed by atoms with Crippen molar-refractivity contribution in [2.75, 3.05) is 27.3 Å². The molecule has 2 amide bonds. The zero-order valence-electron chi connectivity index (χ0n) is 18.2. The summed E-state index contributed by atoms with van der Waals surface area (Å²) in [6.45, 7) is 6.42. The molecule has 0 aromatic heterocycles. The number of hydrogen-bond acceptors (Lipinski definition) is 5. The molecular formula is C23H30N2O5. The van der Waals surface area contributed by atoms with Crippen molar-refractivity contribution in [2.45, 2.75) is 32.8 Å². The maximum Gasteiger partial charge on any atom is 0.260 e. The number of para-hydroxylation sites is 1. The third-order valence-corrected chi connectivity index (χ3v) is 4.54. The SMILES string of the molecule is COc1cc(OC)cc(C(=O)NCCNC(=O)C(C)Oc2ccccc2C(C)C)c1. The average molecular weight is 415 g/mol. The molecule has 2 N–H and O–H groups in total. The highest BCUT2D eigenvalue weighted by Gasteiger charge is 2.17. The third kappa shape index (κ3) is 6.40. The lowest BCUT2D eigenvalue weighted by atomic mass is 10.0. The van der Waals surface area contributed by atoms with Crippen LogP contribution in [-0.2, 0) is 4.79 Å². The van der Waals surface area contributed by atoms with Gasteiger partial charge < -0.3 is 24.8 Å². The molecule has 0 spiro atoms. The number of carbonyl (C=O) groups excluding carboxylic acids is 2. The number of rotatable bonds is 10. The first-order chi connectivity index (χ1) is 14.3. The minimum absolute atomic E-state index is 0.245. The number of amides is 2. The van der Waals surface area contributed by atoms with Gasteiger partial charge in [-0.25, -0.2) is 0 Å². The summed E-state index contributed by atoms with van der Waals surface area (Å²) < 4.78 is 16.2. The summed E-state index contributed by atoms with van der Waals surface area (Å²) in [6, 6.07) is 12.6. The monoisotopic (exact) mass is 414 g/mol. The van der Waals surface area contributed by atoms with E-state index in [4.69, 9.17) is 14.2 Å². The molecule has 0 bridgehead atoms. The van der Waals surface area contributed by atoms with Crippen molar-refractivity contribution < 1.29 is 23.8 Å². The van der Waals surface area contributed by atoms with Gasteiger partial charge in [0.1, 0.15) is 17.2 Å². The van der Waals surface area contributed by atoms with Gasteiger partial charge in [0.2, 0.25) is 0 Å². The lowest BCUT2D eigenvalue weighted by Gasteiger charge is -2.18. The number of hydrogen-bond donors (Lipinski definition) is 2. The fraction of sp³-hybridized carbons (Fsp3) is 0.391. The smallest absolute Gasteiger partial charge is 0.260 e. The van der Waals surface area contributed by atoms with Gasteiger partial charge in [0.25, 0.3) is 11.8 Å². The van der Waals surface area contributed by atoms with E-state index in [2.05, 4.69) is 24.5 Å². The summed E-state index contributed by atoms with van der Waals surface area (Å²) >= 11 is 0. The topological polar surface area (TPSA) is 85.9 Å². The molecule has 2 aromatic carbocycles. The fourth-order valence-corrected chi connectivity index (χ4v) is 2.85. The number of carbonyl (C=O) groups is 2. The van der Waals surface area contributed by atoms with Crippen molar-refractivity contribution >= 4 is 11.8 Å². The fourth-order valence-electron chi connectivity index (χ4n) is 2.85. The molecule has 0 aliphatic rings. The molecule has 2 rings (SSSR count). The molecule has 0 heterocycles. The summed E-state index contributed by atoms with van der Waals surface area (Å²) in [6.07, 6.45) is -0.650. The highest BCUT2D eigenvalue weighted by atomic mass is 16.5. The molecule has 0 aliphatic carbocycles. The average Bonchev–Trinajstić information content (AvgIpc) is 2.75. The van der Waals surface area contributed by atoms with Crippen LogP contribution in [0.3, 0.4) is 0 Å². The minimum Gasteiger partial charge on any atom is -0.497 e. The van der Waals surface area contributed by atoms with Crippen LogP contribution < -0.4 is 24.8 Å². The van der Waals surface area contributed by atoms with Gasteiger partial charge in [-0.15, -0.1) is 0 Å². The quantitative estimate of drug-likeness (QED) is 0.584. The highest BCUT2D eigenvalue weighted by molar-refractivity contribution is 5.95. The Hall–Kier alpha value is -3.22. The van der Waals surface area contributed by atoms with E-state index in [1.807, 2.05) is 24.3 Å². The van der Waals surface area contributed by atoms with Gasteiger partial charge in [0.15, 0.2) is 6.10 Å². The molecule has 1 unspecified atom stereocenters. The van der Waals surface area contributed by atoms with E-state index < -0.39 is 6.10 Å². The largest absolute Gasteiger partial charge is 0.497 e. The van der Waals surface area contributed by atoms with E-state index in [1.54, 1.807) is 25.1 Å². The minimum atomic E-state index is -0.650. The Labute approximate surface area is 177 Å². The number of nitrogens with one attached hydrogen (secondary N) is 2. The Kier molecular flexibility index (Phi) is 8.53. The molecule has 0 saturated carbocycles. The molecule has 1 atom stereocenters. The van der Waals surface area contributed by atoms with Crippen LogP contribution in [0.5, 0.6) is 17.2 Å². The molecule has 0 aliphatic heterocycles. The van der Waals surface area contributed by atoms with Crippen molar-refractivity contribution in [3.8, 4) is 17.2 Å². The summed E-state index contributed by atoms with van der Waals surface area (Å²) in [5, 5.41) is 5.54. The predicted octanol–water partition coefficient (Wildman–Crippen LogP) is 3.14. The van der Waals surface area contributed by atoms with E-state index >= 15 is 0 Å². The summed E-state index contributed by atoms with van der Waals surface area (Å²) in [5.74, 6) is 1.53. The van der Waals surface area contributed by atoms with E-state index in [0.29, 0.717) is 28.7 Å². The Bertz CT molecular complexity index is 844. The van der Waals surface area contributed by atoms with Crippen molar-refractivity contribution in [1.82, 2.24) is 10.6 Å². The molecule has 30 heavy (non-hydrogen) atoms. The van der Waals surface area contributed by atoms with E-state index in [-0.39, 0.29) is 24.9 Å². The van der Waals surface area contributed by atoms with E-state index in [9.17, 15) is 9.59 Å². The number of ether oxygens (including phenoxy) is 3. The van der Waals surface area contributed by atoms with Crippen LogP contribution in [0, 0.1) is 0 Å². The zero-order valence-corrected chi connectivity index (χ0v) is 18.2. The van der Waals surface area contributed by atoms with Crippen molar-refractivity contribution in [2.24, 2.45) is 0 Å². The van der Waals surface area contributed by atoms with Crippen LogP contribution in [0.4, 0.5) is 0 Å². The number of methoxy groups -OCH3 is 2. The maximum atomic E-state index is 12.3. The molecular weight excluding hydrogens is 384 g/mol. The van der Waals surface area contributed by atoms with Gasteiger partial charge in [-0.2, -0.15) is 0 Å². The normalized spacial score (nSPS) is 11.5. The molecule has 7 heteroatoms. The first kappa shape index (κ1) is 23.1. The van der Waals surface area contributed by atoms with Gasteiger partial charge in [-0.1, -0.05) is 32.0 Å². The first-order valence-corrected chi connectivity index (χ1v) is 9.90. The molecule has 0 saturated heterocycles. The molecule has 162 valence electrons. The van der Waals surface area contributed by atoms with Gasteiger partial charge in [0.05, 0.1) is 14.2 Å². The van der Waals surface area contributed by atoms with Crippen LogP contribution in [0.2, 0.25) is 0 Å². The van der Waals surface area contributed by atoms with Crippen LogP contribution in [-0.4, -0.2) is 45.2 Å². The Morgan fingerprint density at radius 2 is 1.50 bits per heavy atom.